The molecule has 1 N–H and O–H groups in total. The number of nitrogens with zero attached hydrogens (tertiary/aromatic N) is 2. The minimum Gasteiger partial charge on any atom is -0.369 e. The highest BCUT2D eigenvalue weighted by molar-refractivity contribution is 7.99. The van der Waals surface area contributed by atoms with E-state index in [2.05, 4.69) is 36.5 Å². The topological polar surface area (TPSA) is 48.7 Å². The number of nitrogens with one attached hydrogen (secondary N) is 1. The molecule has 0 aromatic carbocycles. The Balaban J connectivity index is 2.62. The van der Waals surface area contributed by atoms with E-state index >= 15 is 0 Å². The molecule has 0 aliphatic rings. The summed E-state index contributed by atoms with van der Waals surface area (Å²) in [4.78, 5) is 4.15. The zero-order chi connectivity index (χ0) is 11.3. The molecule has 0 saturated heterocycles. The lowest BCUT2D eigenvalue weighted by atomic mass is 10.2. The zero-order valence-electron chi connectivity index (χ0n) is 9.24. The van der Waals surface area contributed by atoms with Gasteiger partial charge in [-0.2, -0.15) is 17.0 Å². The molecule has 4 heteroatoms. The monoisotopic (exact) mass is 221 g/mol. The normalized spacial score (nSPS) is 10.8. The van der Waals surface area contributed by atoms with Crippen molar-refractivity contribution in [2.75, 3.05) is 18.1 Å². The minimum atomic E-state index is 0.171. The van der Waals surface area contributed by atoms with Crippen LogP contribution in [0.4, 0.5) is 5.82 Å². The van der Waals surface area contributed by atoms with E-state index in [-0.39, 0.29) is 4.75 Å². The molecule has 0 saturated carbocycles. The Morgan fingerprint density at radius 2 is 2.33 bits per heavy atom. The average Bonchev–Trinajstić information content (AvgIpc) is 2.27. The van der Waals surface area contributed by atoms with Gasteiger partial charge in [0, 0.05) is 17.5 Å². The first-order valence-electron chi connectivity index (χ1n) is 4.72. The van der Waals surface area contributed by atoms with E-state index in [4.69, 9.17) is 5.26 Å². The van der Waals surface area contributed by atoms with Gasteiger partial charge in [0.25, 0.3) is 0 Å². The van der Waals surface area contributed by atoms with E-state index in [0.29, 0.717) is 5.56 Å². The number of thioether (sulfide) groups is 1. The van der Waals surface area contributed by atoms with Crippen molar-refractivity contribution in [2.24, 2.45) is 0 Å². The summed E-state index contributed by atoms with van der Waals surface area (Å²) in [6.07, 6.45) is 3.73. The molecule has 3 nitrogen and oxygen atoms in total. The third-order valence-electron chi connectivity index (χ3n) is 2.14. The number of rotatable bonds is 4. The quantitative estimate of drug-likeness (QED) is 0.848. The maximum Gasteiger partial charge on any atom is 0.127 e. The molecule has 0 atom stereocenters. The van der Waals surface area contributed by atoms with Crippen LogP contribution >= 0.6 is 11.8 Å². The molecule has 15 heavy (non-hydrogen) atoms. The van der Waals surface area contributed by atoms with Crippen LogP contribution in [0.1, 0.15) is 19.4 Å². The van der Waals surface area contributed by atoms with Gasteiger partial charge >= 0.3 is 0 Å². The Labute approximate surface area is 94.9 Å². The molecule has 0 unspecified atom stereocenters. The van der Waals surface area contributed by atoms with Crippen LogP contribution in [0.25, 0.3) is 0 Å². The van der Waals surface area contributed by atoms with Crippen molar-refractivity contribution < 1.29 is 0 Å². The Hall–Kier alpha value is -1.21. The molecule has 1 aromatic rings. The molecule has 0 bridgehead atoms. The zero-order valence-corrected chi connectivity index (χ0v) is 10.1. The van der Waals surface area contributed by atoms with Crippen molar-refractivity contribution in [3.05, 3.63) is 23.9 Å². The van der Waals surface area contributed by atoms with Crippen LogP contribution in [0.2, 0.25) is 0 Å². The van der Waals surface area contributed by atoms with E-state index in [1.807, 2.05) is 0 Å². The van der Waals surface area contributed by atoms with Crippen LogP contribution < -0.4 is 5.32 Å². The fraction of sp³-hybridized carbons (Fsp3) is 0.455. The SMILES string of the molecule is CSC(C)(C)CNc1cc(C#N)ccn1. The second-order valence-corrected chi connectivity index (χ2v) is 5.37. The van der Waals surface area contributed by atoms with Gasteiger partial charge in [-0.3, -0.25) is 0 Å². The number of aromatic nitrogens is 1. The van der Waals surface area contributed by atoms with Gasteiger partial charge in [-0.25, -0.2) is 4.98 Å². The maximum absolute atomic E-state index is 8.73. The van der Waals surface area contributed by atoms with E-state index in [9.17, 15) is 0 Å². The lowest BCUT2D eigenvalue weighted by molar-refractivity contribution is 0.750. The van der Waals surface area contributed by atoms with Crippen LogP contribution in [-0.4, -0.2) is 22.5 Å². The van der Waals surface area contributed by atoms with E-state index in [1.165, 1.54) is 0 Å². The first-order valence-corrected chi connectivity index (χ1v) is 5.95. The number of hydrogen-bond donors (Lipinski definition) is 1. The predicted molar refractivity (Wildman–Crippen MR) is 65.0 cm³/mol. The molecule has 1 heterocycles. The highest BCUT2D eigenvalue weighted by Crippen LogP contribution is 2.21. The summed E-state index contributed by atoms with van der Waals surface area (Å²) >= 11 is 1.80. The van der Waals surface area contributed by atoms with E-state index in [0.717, 1.165) is 12.4 Å². The number of hydrogen-bond acceptors (Lipinski definition) is 4. The highest BCUT2D eigenvalue weighted by Gasteiger charge is 2.15. The largest absolute Gasteiger partial charge is 0.369 e. The first-order chi connectivity index (χ1) is 7.07. The van der Waals surface area contributed by atoms with Crippen molar-refractivity contribution >= 4 is 17.6 Å². The molecule has 0 aliphatic heterocycles. The molecule has 0 amide bonds. The Kier molecular flexibility index (Phi) is 3.98. The third-order valence-corrected chi connectivity index (χ3v) is 3.39. The number of nitriles is 1. The Morgan fingerprint density at radius 1 is 1.60 bits per heavy atom. The molecular formula is C11H15N3S. The maximum atomic E-state index is 8.73. The van der Waals surface area contributed by atoms with Gasteiger partial charge in [-0.05, 0) is 32.2 Å². The van der Waals surface area contributed by atoms with Gasteiger partial charge in [0.05, 0.1) is 11.6 Å². The van der Waals surface area contributed by atoms with Gasteiger partial charge in [0.1, 0.15) is 5.82 Å². The third kappa shape index (κ3) is 3.80. The molecule has 0 spiro atoms. The summed E-state index contributed by atoms with van der Waals surface area (Å²) in [5, 5.41) is 12.0. The van der Waals surface area contributed by atoms with Gasteiger partial charge in [0.15, 0.2) is 0 Å². The van der Waals surface area contributed by atoms with Gasteiger partial charge in [-0.1, -0.05) is 0 Å². The van der Waals surface area contributed by atoms with Crippen LogP contribution in [0.5, 0.6) is 0 Å². The molecule has 0 aliphatic carbocycles. The van der Waals surface area contributed by atoms with E-state index in [1.54, 1.807) is 30.1 Å². The smallest absolute Gasteiger partial charge is 0.127 e. The molecule has 1 rings (SSSR count). The van der Waals surface area contributed by atoms with Crippen molar-refractivity contribution in [1.29, 1.82) is 5.26 Å². The van der Waals surface area contributed by atoms with Crippen LogP contribution in [0.15, 0.2) is 18.3 Å². The molecule has 1 aromatic heterocycles. The standard InChI is InChI=1S/C11H15N3S/c1-11(2,15-3)8-14-10-6-9(7-12)4-5-13-10/h4-6H,8H2,1-3H3,(H,13,14). The van der Waals surface area contributed by atoms with Gasteiger partial charge in [-0.15, -0.1) is 0 Å². The second-order valence-electron chi connectivity index (χ2n) is 3.86. The van der Waals surface area contributed by atoms with Gasteiger partial charge in [0.2, 0.25) is 0 Å². The predicted octanol–water partition coefficient (Wildman–Crippen LogP) is 2.51. The minimum absolute atomic E-state index is 0.171. The highest BCUT2D eigenvalue weighted by atomic mass is 32.2. The van der Waals surface area contributed by atoms with Crippen molar-refractivity contribution in [3.8, 4) is 6.07 Å². The lowest BCUT2D eigenvalue weighted by Crippen LogP contribution is -2.26. The summed E-state index contributed by atoms with van der Waals surface area (Å²) in [7, 11) is 0. The summed E-state index contributed by atoms with van der Waals surface area (Å²) in [6.45, 7) is 5.16. The molecular weight excluding hydrogens is 206 g/mol. The number of pyridine rings is 1. The Bertz CT molecular complexity index is 368. The second kappa shape index (κ2) is 5.04. The Morgan fingerprint density at radius 3 is 2.93 bits per heavy atom. The van der Waals surface area contributed by atoms with Crippen molar-refractivity contribution in [2.45, 2.75) is 18.6 Å². The first kappa shape index (κ1) is 11.9. The van der Waals surface area contributed by atoms with Crippen LogP contribution in [-0.2, 0) is 0 Å². The van der Waals surface area contributed by atoms with Crippen LogP contribution in [0, 0.1) is 11.3 Å². The summed E-state index contributed by atoms with van der Waals surface area (Å²) in [6, 6.07) is 5.55. The summed E-state index contributed by atoms with van der Waals surface area (Å²) < 4.78 is 0.171. The van der Waals surface area contributed by atoms with Gasteiger partial charge < -0.3 is 5.32 Å². The summed E-state index contributed by atoms with van der Waals surface area (Å²) in [5.74, 6) is 0.760. The number of anilines is 1. The fourth-order valence-electron chi connectivity index (χ4n) is 0.972. The molecule has 80 valence electrons. The lowest BCUT2D eigenvalue weighted by Gasteiger charge is -2.22. The van der Waals surface area contributed by atoms with E-state index < -0.39 is 0 Å². The average molecular weight is 221 g/mol. The molecule has 0 fully saturated rings. The van der Waals surface area contributed by atoms with Crippen LogP contribution in [0.3, 0.4) is 0 Å². The molecule has 0 radical (unpaired) electrons. The van der Waals surface area contributed by atoms with Crippen molar-refractivity contribution in [3.63, 3.8) is 0 Å². The summed E-state index contributed by atoms with van der Waals surface area (Å²) in [5.41, 5.74) is 0.634. The van der Waals surface area contributed by atoms with Crippen molar-refractivity contribution in [1.82, 2.24) is 4.98 Å². The fourth-order valence-corrected chi connectivity index (χ4v) is 1.19.